The number of rotatable bonds is 6. The first-order valence-corrected chi connectivity index (χ1v) is 6.25. The van der Waals surface area contributed by atoms with Crippen molar-refractivity contribution in [2.75, 3.05) is 5.33 Å². The molecule has 76 valence electrons. The first-order chi connectivity index (χ1) is 6.27. The number of hydrogen-bond acceptors (Lipinski definition) is 1. The first kappa shape index (κ1) is 11.0. The van der Waals surface area contributed by atoms with E-state index in [1.165, 1.54) is 12.8 Å². The average molecular weight is 248 g/mol. The molecule has 0 aliphatic heterocycles. The third kappa shape index (κ3) is 4.12. The molecule has 1 N–H and O–H groups in total. The van der Waals surface area contributed by atoms with Gasteiger partial charge in [0, 0.05) is 17.8 Å². The minimum absolute atomic E-state index is 0.238. The lowest BCUT2D eigenvalue weighted by atomic mass is 10.2. The van der Waals surface area contributed by atoms with Gasteiger partial charge in [-0.3, -0.25) is 4.79 Å². The first-order valence-electron chi connectivity index (χ1n) is 5.13. The van der Waals surface area contributed by atoms with Crippen molar-refractivity contribution in [1.82, 2.24) is 5.32 Å². The van der Waals surface area contributed by atoms with Crippen LogP contribution >= 0.6 is 15.9 Å². The van der Waals surface area contributed by atoms with Crippen LogP contribution in [-0.2, 0) is 4.79 Å². The van der Waals surface area contributed by atoms with Gasteiger partial charge >= 0.3 is 0 Å². The van der Waals surface area contributed by atoms with Gasteiger partial charge in [-0.1, -0.05) is 29.3 Å². The van der Waals surface area contributed by atoms with Crippen molar-refractivity contribution in [3.63, 3.8) is 0 Å². The molecule has 2 atom stereocenters. The SMILES string of the molecule is CCC1CC1NC(=O)CCCCBr. The van der Waals surface area contributed by atoms with E-state index < -0.39 is 0 Å². The van der Waals surface area contributed by atoms with Gasteiger partial charge in [0.2, 0.25) is 5.91 Å². The lowest BCUT2D eigenvalue weighted by Gasteiger charge is -2.02. The summed E-state index contributed by atoms with van der Waals surface area (Å²) in [7, 11) is 0. The summed E-state index contributed by atoms with van der Waals surface area (Å²) in [6.07, 6.45) is 5.18. The normalized spacial score (nSPS) is 25.7. The molecule has 3 heteroatoms. The Bertz CT molecular complexity index is 172. The Balaban J connectivity index is 1.99. The third-order valence-corrected chi connectivity index (χ3v) is 3.14. The summed E-state index contributed by atoms with van der Waals surface area (Å²) < 4.78 is 0. The van der Waals surface area contributed by atoms with E-state index in [2.05, 4.69) is 28.2 Å². The number of carbonyl (C=O) groups is 1. The predicted molar refractivity (Wildman–Crippen MR) is 58.0 cm³/mol. The van der Waals surface area contributed by atoms with E-state index in [1.807, 2.05) is 0 Å². The molecule has 0 heterocycles. The molecule has 2 unspecified atom stereocenters. The molecule has 0 bridgehead atoms. The zero-order valence-electron chi connectivity index (χ0n) is 8.18. The van der Waals surface area contributed by atoms with E-state index in [9.17, 15) is 4.79 Å². The lowest BCUT2D eigenvalue weighted by Crippen LogP contribution is -2.26. The molecule has 1 aliphatic rings. The van der Waals surface area contributed by atoms with Gasteiger partial charge < -0.3 is 5.32 Å². The molecular weight excluding hydrogens is 230 g/mol. The van der Waals surface area contributed by atoms with Crippen LogP contribution in [0.1, 0.15) is 39.0 Å². The van der Waals surface area contributed by atoms with Crippen LogP contribution in [0.4, 0.5) is 0 Å². The summed E-state index contributed by atoms with van der Waals surface area (Å²) in [5.74, 6) is 1.00. The van der Waals surface area contributed by atoms with Crippen molar-refractivity contribution in [3.05, 3.63) is 0 Å². The second-order valence-electron chi connectivity index (χ2n) is 3.72. The highest BCUT2D eigenvalue weighted by molar-refractivity contribution is 9.09. The summed E-state index contributed by atoms with van der Waals surface area (Å²) in [5, 5.41) is 4.06. The second kappa shape index (κ2) is 5.63. The molecule has 1 rings (SSSR count). The van der Waals surface area contributed by atoms with Crippen LogP contribution in [0.5, 0.6) is 0 Å². The number of unbranched alkanes of at least 4 members (excludes halogenated alkanes) is 1. The van der Waals surface area contributed by atoms with Crippen molar-refractivity contribution >= 4 is 21.8 Å². The molecular formula is C10H18BrNO. The molecule has 0 saturated heterocycles. The molecule has 0 aromatic rings. The Morgan fingerprint density at radius 3 is 2.85 bits per heavy atom. The van der Waals surface area contributed by atoms with E-state index >= 15 is 0 Å². The zero-order chi connectivity index (χ0) is 9.68. The Morgan fingerprint density at radius 1 is 1.54 bits per heavy atom. The average Bonchev–Trinajstić information content (AvgIpc) is 2.84. The molecule has 13 heavy (non-hydrogen) atoms. The van der Waals surface area contributed by atoms with Gasteiger partial charge in [-0.25, -0.2) is 0 Å². The molecule has 0 spiro atoms. The Labute approximate surface area is 88.6 Å². The van der Waals surface area contributed by atoms with E-state index in [-0.39, 0.29) is 5.91 Å². The molecule has 1 fully saturated rings. The van der Waals surface area contributed by atoms with Crippen LogP contribution in [-0.4, -0.2) is 17.3 Å². The standard InChI is InChI=1S/C10H18BrNO/c1-2-8-7-9(8)12-10(13)5-3-4-6-11/h8-9H,2-7H2,1H3,(H,12,13). The van der Waals surface area contributed by atoms with Crippen LogP contribution in [0.2, 0.25) is 0 Å². The zero-order valence-corrected chi connectivity index (χ0v) is 9.77. The Kier molecular flexibility index (Phi) is 4.78. The smallest absolute Gasteiger partial charge is 0.220 e. The van der Waals surface area contributed by atoms with E-state index in [4.69, 9.17) is 0 Å². The fourth-order valence-corrected chi connectivity index (χ4v) is 1.93. The fourth-order valence-electron chi connectivity index (χ4n) is 1.53. The highest BCUT2D eigenvalue weighted by atomic mass is 79.9. The molecule has 0 aromatic heterocycles. The van der Waals surface area contributed by atoms with Crippen LogP contribution in [0, 0.1) is 5.92 Å². The molecule has 1 aliphatic carbocycles. The number of halogens is 1. The minimum Gasteiger partial charge on any atom is -0.353 e. The quantitative estimate of drug-likeness (QED) is 0.567. The lowest BCUT2D eigenvalue weighted by molar-refractivity contribution is -0.121. The molecule has 1 saturated carbocycles. The van der Waals surface area contributed by atoms with Gasteiger partial charge in [-0.2, -0.15) is 0 Å². The summed E-state index contributed by atoms with van der Waals surface area (Å²) in [4.78, 5) is 11.3. The summed E-state index contributed by atoms with van der Waals surface area (Å²) in [6, 6.07) is 0.501. The molecule has 1 amide bonds. The predicted octanol–water partition coefficient (Wildman–Crippen LogP) is 2.47. The van der Waals surface area contributed by atoms with Crippen molar-refractivity contribution in [3.8, 4) is 0 Å². The number of carbonyl (C=O) groups excluding carboxylic acids is 1. The third-order valence-electron chi connectivity index (χ3n) is 2.58. The molecule has 2 nitrogen and oxygen atoms in total. The monoisotopic (exact) mass is 247 g/mol. The Hall–Kier alpha value is -0.0500. The number of amides is 1. The summed E-state index contributed by atoms with van der Waals surface area (Å²) in [6.45, 7) is 2.18. The van der Waals surface area contributed by atoms with Gasteiger partial charge in [-0.15, -0.1) is 0 Å². The van der Waals surface area contributed by atoms with Gasteiger partial charge in [0.05, 0.1) is 0 Å². The van der Waals surface area contributed by atoms with Gasteiger partial charge in [-0.05, 0) is 25.2 Å². The molecule has 0 radical (unpaired) electrons. The van der Waals surface area contributed by atoms with Crippen LogP contribution in [0.15, 0.2) is 0 Å². The summed E-state index contributed by atoms with van der Waals surface area (Å²) >= 11 is 3.35. The van der Waals surface area contributed by atoms with Crippen LogP contribution < -0.4 is 5.32 Å². The van der Waals surface area contributed by atoms with Crippen molar-refractivity contribution < 1.29 is 4.79 Å². The van der Waals surface area contributed by atoms with Gasteiger partial charge in [0.15, 0.2) is 0 Å². The maximum atomic E-state index is 11.3. The fraction of sp³-hybridized carbons (Fsp3) is 0.900. The van der Waals surface area contributed by atoms with Gasteiger partial charge in [0.25, 0.3) is 0 Å². The maximum Gasteiger partial charge on any atom is 0.220 e. The van der Waals surface area contributed by atoms with E-state index in [0.29, 0.717) is 12.5 Å². The van der Waals surface area contributed by atoms with Gasteiger partial charge in [0.1, 0.15) is 0 Å². The minimum atomic E-state index is 0.238. The summed E-state index contributed by atoms with van der Waals surface area (Å²) in [5.41, 5.74) is 0. The van der Waals surface area contributed by atoms with Crippen molar-refractivity contribution in [2.45, 2.75) is 45.1 Å². The Morgan fingerprint density at radius 2 is 2.31 bits per heavy atom. The highest BCUT2D eigenvalue weighted by Gasteiger charge is 2.35. The number of nitrogens with one attached hydrogen (secondary N) is 1. The number of alkyl halides is 1. The van der Waals surface area contributed by atoms with Crippen molar-refractivity contribution in [1.29, 1.82) is 0 Å². The topological polar surface area (TPSA) is 29.1 Å². The maximum absolute atomic E-state index is 11.3. The van der Waals surface area contributed by atoms with Crippen molar-refractivity contribution in [2.24, 2.45) is 5.92 Å². The van der Waals surface area contributed by atoms with Crippen LogP contribution in [0.3, 0.4) is 0 Å². The number of hydrogen-bond donors (Lipinski definition) is 1. The van der Waals surface area contributed by atoms with E-state index in [0.717, 1.165) is 24.1 Å². The largest absolute Gasteiger partial charge is 0.353 e. The van der Waals surface area contributed by atoms with Crippen LogP contribution in [0.25, 0.3) is 0 Å². The van der Waals surface area contributed by atoms with E-state index in [1.54, 1.807) is 0 Å². The second-order valence-corrected chi connectivity index (χ2v) is 4.52. The highest BCUT2D eigenvalue weighted by Crippen LogP contribution is 2.33. The molecule has 0 aromatic carbocycles.